The van der Waals surface area contributed by atoms with Crippen molar-refractivity contribution in [3.8, 4) is 22.9 Å². The molecule has 1 N–H and O–H groups in total. The lowest BCUT2D eigenvalue weighted by Crippen LogP contribution is -2.20. The SMILES string of the molecule is CCOc1ccc(-c2ccc(NC(=O)COc3ccc(C(C)(C)C)cc3)cc2)nn1. The first-order chi connectivity index (χ1) is 14.3. The van der Waals surface area contributed by atoms with Crippen LogP contribution in [0.4, 0.5) is 5.69 Å². The molecule has 0 saturated carbocycles. The number of anilines is 1. The highest BCUT2D eigenvalue weighted by atomic mass is 16.5. The number of hydrogen-bond acceptors (Lipinski definition) is 5. The minimum atomic E-state index is -0.219. The molecule has 3 aromatic rings. The highest BCUT2D eigenvalue weighted by molar-refractivity contribution is 5.92. The van der Waals surface area contributed by atoms with Crippen molar-refractivity contribution in [2.45, 2.75) is 33.1 Å². The Morgan fingerprint density at radius 2 is 1.60 bits per heavy atom. The third kappa shape index (κ3) is 5.80. The molecule has 6 nitrogen and oxygen atoms in total. The van der Waals surface area contributed by atoms with Gasteiger partial charge in [0.1, 0.15) is 5.75 Å². The minimum Gasteiger partial charge on any atom is -0.484 e. The Morgan fingerprint density at radius 1 is 0.900 bits per heavy atom. The molecule has 1 aromatic heterocycles. The summed E-state index contributed by atoms with van der Waals surface area (Å²) in [5.41, 5.74) is 3.63. The maximum atomic E-state index is 12.2. The predicted octanol–water partition coefficient (Wildman–Crippen LogP) is 4.86. The normalized spacial score (nSPS) is 11.1. The first kappa shape index (κ1) is 21.3. The fourth-order valence-corrected chi connectivity index (χ4v) is 2.82. The molecule has 0 spiro atoms. The van der Waals surface area contributed by atoms with Crippen molar-refractivity contribution in [2.75, 3.05) is 18.5 Å². The van der Waals surface area contributed by atoms with Crippen LogP contribution in [0.25, 0.3) is 11.3 Å². The monoisotopic (exact) mass is 405 g/mol. The number of benzene rings is 2. The molecule has 0 radical (unpaired) electrons. The first-order valence-corrected chi connectivity index (χ1v) is 9.95. The predicted molar refractivity (Wildman–Crippen MR) is 118 cm³/mol. The Kier molecular flexibility index (Phi) is 6.67. The lowest BCUT2D eigenvalue weighted by atomic mass is 9.87. The average molecular weight is 405 g/mol. The van der Waals surface area contributed by atoms with E-state index in [0.29, 0.717) is 23.9 Å². The van der Waals surface area contributed by atoms with E-state index in [1.54, 1.807) is 6.07 Å². The molecule has 0 aliphatic heterocycles. The van der Waals surface area contributed by atoms with Gasteiger partial charge in [-0.15, -0.1) is 10.2 Å². The quantitative estimate of drug-likeness (QED) is 0.608. The molecule has 1 amide bonds. The summed E-state index contributed by atoms with van der Waals surface area (Å²) in [6.07, 6.45) is 0. The zero-order chi connectivity index (χ0) is 21.6. The second-order valence-corrected chi connectivity index (χ2v) is 7.88. The van der Waals surface area contributed by atoms with E-state index in [4.69, 9.17) is 9.47 Å². The Balaban J connectivity index is 1.53. The summed E-state index contributed by atoms with van der Waals surface area (Å²) in [7, 11) is 0. The van der Waals surface area contributed by atoms with Gasteiger partial charge in [-0.2, -0.15) is 0 Å². The number of hydrogen-bond donors (Lipinski definition) is 1. The lowest BCUT2D eigenvalue weighted by Gasteiger charge is -2.19. The Morgan fingerprint density at radius 3 is 2.17 bits per heavy atom. The van der Waals surface area contributed by atoms with Crippen LogP contribution < -0.4 is 14.8 Å². The topological polar surface area (TPSA) is 73.3 Å². The third-order valence-electron chi connectivity index (χ3n) is 4.49. The number of nitrogens with one attached hydrogen (secondary N) is 1. The van der Waals surface area contributed by atoms with E-state index in [9.17, 15) is 4.79 Å². The zero-order valence-electron chi connectivity index (χ0n) is 17.8. The van der Waals surface area contributed by atoms with Gasteiger partial charge in [0.2, 0.25) is 5.88 Å². The fraction of sp³-hybridized carbons (Fsp3) is 0.292. The molecule has 0 unspecified atom stereocenters. The molecule has 6 heteroatoms. The standard InChI is InChI=1S/C24H27N3O3/c1-5-29-23-15-14-21(26-27-23)17-6-10-19(11-7-17)25-22(28)16-30-20-12-8-18(9-13-20)24(2,3)4/h6-15H,5,16H2,1-4H3,(H,25,28). The maximum Gasteiger partial charge on any atom is 0.262 e. The van der Waals surface area contributed by atoms with Crippen LogP contribution in [0.2, 0.25) is 0 Å². The van der Waals surface area contributed by atoms with Crippen molar-refractivity contribution >= 4 is 11.6 Å². The van der Waals surface area contributed by atoms with Crippen LogP contribution in [0.3, 0.4) is 0 Å². The van der Waals surface area contributed by atoms with Crippen molar-refractivity contribution < 1.29 is 14.3 Å². The molecular weight excluding hydrogens is 378 g/mol. The van der Waals surface area contributed by atoms with Crippen molar-refractivity contribution in [2.24, 2.45) is 0 Å². The van der Waals surface area contributed by atoms with E-state index in [2.05, 4.69) is 36.3 Å². The van der Waals surface area contributed by atoms with Gasteiger partial charge in [0.05, 0.1) is 12.3 Å². The number of carbonyl (C=O) groups is 1. The minimum absolute atomic E-state index is 0.0546. The highest BCUT2D eigenvalue weighted by Crippen LogP contribution is 2.24. The van der Waals surface area contributed by atoms with Crippen LogP contribution in [0.1, 0.15) is 33.3 Å². The van der Waals surface area contributed by atoms with Crippen LogP contribution in [-0.4, -0.2) is 29.3 Å². The summed E-state index contributed by atoms with van der Waals surface area (Å²) in [6.45, 7) is 8.86. The molecule has 0 bridgehead atoms. The zero-order valence-corrected chi connectivity index (χ0v) is 17.8. The summed E-state index contributed by atoms with van der Waals surface area (Å²) < 4.78 is 10.9. The van der Waals surface area contributed by atoms with Gasteiger partial charge in [-0.25, -0.2) is 0 Å². The average Bonchev–Trinajstić information content (AvgIpc) is 2.73. The van der Waals surface area contributed by atoms with Crippen LogP contribution >= 0.6 is 0 Å². The Labute approximate surface area is 177 Å². The summed E-state index contributed by atoms with van der Waals surface area (Å²) in [4.78, 5) is 12.2. The van der Waals surface area contributed by atoms with Gasteiger partial charge in [-0.05, 0) is 48.2 Å². The van der Waals surface area contributed by atoms with Gasteiger partial charge in [0, 0.05) is 17.3 Å². The lowest BCUT2D eigenvalue weighted by molar-refractivity contribution is -0.118. The molecule has 0 atom stereocenters. The second kappa shape index (κ2) is 9.39. The van der Waals surface area contributed by atoms with Crippen molar-refractivity contribution in [1.29, 1.82) is 0 Å². The number of ether oxygens (including phenoxy) is 2. The first-order valence-electron chi connectivity index (χ1n) is 9.95. The Hall–Kier alpha value is -3.41. The molecule has 0 fully saturated rings. The highest BCUT2D eigenvalue weighted by Gasteiger charge is 2.13. The Bertz CT molecular complexity index is 961. The van der Waals surface area contributed by atoms with Crippen LogP contribution in [0, 0.1) is 0 Å². The van der Waals surface area contributed by atoms with E-state index >= 15 is 0 Å². The summed E-state index contributed by atoms with van der Waals surface area (Å²) in [5, 5.41) is 11.0. The van der Waals surface area contributed by atoms with E-state index in [1.165, 1.54) is 5.56 Å². The van der Waals surface area contributed by atoms with Gasteiger partial charge in [-0.3, -0.25) is 4.79 Å². The number of aromatic nitrogens is 2. The number of nitrogens with zero attached hydrogens (tertiary/aromatic N) is 2. The van der Waals surface area contributed by atoms with Gasteiger partial charge in [-0.1, -0.05) is 45.0 Å². The van der Waals surface area contributed by atoms with E-state index in [1.807, 2.05) is 61.5 Å². The molecule has 2 aromatic carbocycles. The fourth-order valence-electron chi connectivity index (χ4n) is 2.82. The second-order valence-electron chi connectivity index (χ2n) is 7.88. The summed E-state index contributed by atoms with van der Waals surface area (Å²) in [6, 6.07) is 18.9. The molecule has 0 aliphatic rings. The molecule has 1 heterocycles. The molecule has 3 rings (SSSR count). The van der Waals surface area contributed by atoms with Gasteiger partial charge >= 0.3 is 0 Å². The van der Waals surface area contributed by atoms with Crippen molar-refractivity contribution in [3.63, 3.8) is 0 Å². The van der Waals surface area contributed by atoms with Gasteiger partial charge in [0.15, 0.2) is 6.61 Å². The van der Waals surface area contributed by atoms with Crippen molar-refractivity contribution in [3.05, 3.63) is 66.2 Å². The van der Waals surface area contributed by atoms with Gasteiger partial charge < -0.3 is 14.8 Å². The van der Waals surface area contributed by atoms with Crippen LogP contribution in [0.5, 0.6) is 11.6 Å². The number of carbonyl (C=O) groups excluding carboxylic acids is 1. The smallest absolute Gasteiger partial charge is 0.262 e. The molecule has 30 heavy (non-hydrogen) atoms. The summed E-state index contributed by atoms with van der Waals surface area (Å²) >= 11 is 0. The number of amides is 1. The largest absolute Gasteiger partial charge is 0.484 e. The van der Waals surface area contributed by atoms with E-state index in [-0.39, 0.29) is 17.9 Å². The van der Waals surface area contributed by atoms with E-state index in [0.717, 1.165) is 11.3 Å². The van der Waals surface area contributed by atoms with E-state index < -0.39 is 0 Å². The molecule has 0 aliphatic carbocycles. The molecular formula is C24H27N3O3. The van der Waals surface area contributed by atoms with Crippen LogP contribution in [-0.2, 0) is 10.2 Å². The summed E-state index contributed by atoms with van der Waals surface area (Å²) in [5.74, 6) is 0.948. The molecule has 156 valence electrons. The van der Waals surface area contributed by atoms with Gasteiger partial charge in [0.25, 0.3) is 5.91 Å². The third-order valence-corrected chi connectivity index (χ3v) is 4.49. The van der Waals surface area contributed by atoms with Crippen LogP contribution in [0.15, 0.2) is 60.7 Å². The van der Waals surface area contributed by atoms with Crippen molar-refractivity contribution in [1.82, 2.24) is 10.2 Å². The number of rotatable bonds is 7. The maximum absolute atomic E-state index is 12.2. The molecule has 0 saturated heterocycles.